The maximum absolute atomic E-state index is 12.8. The van der Waals surface area contributed by atoms with Gasteiger partial charge in [0.2, 0.25) is 15.7 Å². The van der Waals surface area contributed by atoms with Crippen molar-refractivity contribution in [2.75, 3.05) is 5.32 Å². The standard InChI is InChI=1S/C18H20ClF2N3O3S/c1-3-4-11-24-17(19)13(12(2)23-24)9-10-16(25)22-14-7-5-6-8-15(14)28(26,27)18(20)21/h5-10,18H,3-4,11H2,1-2H3,(H,22,25)/b10-9+. The van der Waals surface area contributed by atoms with Crippen molar-refractivity contribution >= 4 is 39.1 Å². The van der Waals surface area contributed by atoms with E-state index in [0.717, 1.165) is 25.0 Å². The Kier molecular flexibility index (Phi) is 7.31. The lowest BCUT2D eigenvalue weighted by molar-refractivity contribution is -0.111. The molecule has 10 heteroatoms. The Bertz CT molecular complexity index is 988. The van der Waals surface area contributed by atoms with E-state index in [-0.39, 0.29) is 5.69 Å². The number of alkyl halides is 2. The third kappa shape index (κ3) is 4.96. The maximum atomic E-state index is 12.8. The number of aryl methyl sites for hydroxylation is 2. The minimum atomic E-state index is -4.85. The molecule has 2 aromatic rings. The van der Waals surface area contributed by atoms with Crippen LogP contribution in [0.2, 0.25) is 5.15 Å². The van der Waals surface area contributed by atoms with Gasteiger partial charge in [-0.25, -0.2) is 8.42 Å². The summed E-state index contributed by atoms with van der Waals surface area (Å²) in [4.78, 5) is 11.5. The lowest BCUT2D eigenvalue weighted by Crippen LogP contribution is -2.16. The van der Waals surface area contributed by atoms with Crippen LogP contribution in [-0.4, -0.2) is 29.9 Å². The number of carbonyl (C=O) groups excluding carboxylic acids is 1. The van der Waals surface area contributed by atoms with Gasteiger partial charge in [-0.1, -0.05) is 37.1 Å². The fourth-order valence-electron chi connectivity index (χ4n) is 2.46. The van der Waals surface area contributed by atoms with E-state index >= 15 is 0 Å². The zero-order chi connectivity index (χ0) is 20.9. The van der Waals surface area contributed by atoms with E-state index < -0.39 is 26.4 Å². The van der Waals surface area contributed by atoms with Gasteiger partial charge in [0.1, 0.15) is 5.15 Å². The van der Waals surface area contributed by atoms with Crippen LogP contribution in [0.15, 0.2) is 35.2 Å². The highest BCUT2D eigenvalue weighted by Gasteiger charge is 2.29. The molecule has 0 aliphatic rings. The molecule has 1 aromatic heterocycles. The zero-order valence-electron chi connectivity index (χ0n) is 15.3. The number of aromatic nitrogens is 2. The number of anilines is 1. The van der Waals surface area contributed by atoms with Crippen LogP contribution in [0, 0.1) is 6.92 Å². The van der Waals surface area contributed by atoms with Crippen molar-refractivity contribution in [3.8, 4) is 0 Å². The van der Waals surface area contributed by atoms with Gasteiger partial charge in [0.25, 0.3) is 0 Å². The molecule has 0 saturated carbocycles. The number of benzene rings is 1. The summed E-state index contributed by atoms with van der Waals surface area (Å²) in [6, 6.07) is 4.98. The molecule has 0 atom stereocenters. The molecular formula is C18H20ClF2N3O3S. The number of sulfone groups is 1. The number of halogens is 3. The minimum Gasteiger partial charge on any atom is -0.321 e. The summed E-state index contributed by atoms with van der Waals surface area (Å²) in [7, 11) is -4.85. The number of nitrogens with zero attached hydrogens (tertiary/aromatic N) is 2. The number of unbranched alkanes of at least 4 members (excludes halogenated alkanes) is 1. The zero-order valence-corrected chi connectivity index (χ0v) is 16.9. The predicted molar refractivity (Wildman–Crippen MR) is 104 cm³/mol. The van der Waals surface area contributed by atoms with Gasteiger partial charge in [0.15, 0.2) is 0 Å². The molecule has 1 heterocycles. The first-order valence-corrected chi connectivity index (χ1v) is 10.4. The summed E-state index contributed by atoms with van der Waals surface area (Å²) in [6.45, 7) is 4.44. The predicted octanol–water partition coefficient (Wildman–Crippen LogP) is 4.29. The normalized spacial score (nSPS) is 12.1. The fraction of sp³-hybridized carbons (Fsp3) is 0.333. The van der Waals surface area contributed by atoms with Crippen molar-refractivity contribution in [2.24, 2.45) is 0 Å². The van der Waals surface area contributed by atoms with Crippen LogP contribution < -0.4 is 5.32 Å². The molecule has 1 N–H and O–H groups in total. The van der Waals surface area contributed by atoms with E-state index in [9.17, 15) is 22.0 Å². The Labute approximate surface area is 167 Å². The highest BCUT2D eigenvalue weighted by Crippen LogP contribution is 2.26. The average Bonchev–Trinajstić information content (AvgIpc) is 2.91. The molecule has 0 aliphatic carbocycles. The molecule has 28 heavy (non-hydrogen) atoms. The summed E-state index contributed by atoms with van der Waals surface area (Å²) in [6.07, 6.45) is 4.47. The molecule has 6 nitrogen and oxygen atoms in total. The van der Waals surface area contributed by atoms with Crippen LogP contribution in [0.25, 0.3) is 6.08 Å². The average molecular weight is 432 g/mol. The third-order valence-corrected chi connectivity index (χ3v) is 5.76. The second kappa shape index (κ2) is 9.29. The highest BCUT2D eigenvalue weighted by molar-refractivity contribution is 7.91. The number of hydrogen-bond acceptors (Lipinski definition) is 4. The topological polar surface area (TPSA) is 81.1 Å². The first-order chi connectivity index (χ1) is 13.2. The lowest BCUT2D eigenvalue weighted by atomic mass is 10.2. The minimum absolute atomic E-state index is 0.223. The van der Waals surface area contributed by atoms with E-state index in [1.165, 1.54) is 24.3 Å². The Hall–Kier alpha value is -2.26. The van der Waals surface area contributed by atoms with Gasteiger partial charge in [-0.05, 0) is 31.6 Å². The van der Waals surface area contributed by atoms with Gasteiger partial charge in [-0.15, -0.1) is 0 Å². The maximum Gasteiger partial charge on any atom is 0.341 e. The highest BCUT2D eigenvalue weighted by atomic mass is 35.5. The molecule has 0 aliphatic heterocycles. The van der Waals surface area contributed by atoms with E-state index in [1.54, 1.807) is 11.6 Å². The second-order valence-electron chi connectivity index (χ2n) is 5.99. The molecule has 0 radical (unpaired) electrons. The number of rotatable bonds is 8. The fourth-order valence-corrected chi connectivity index (χ4v) is 3.67. The van der Waals surface area contributed by atoms with Crippen LogP contribution in [-0.2, 0) is 21.2 Å². The van der Waals surface area contributed by atoms with E-state index in [0.29, 0.717) is 23.0 Å². The van der Waals surface area contributed by atoms with Gasteiger partial charge < -0.3 is 5.32 Å². The Morgan fingerprint density at radius 3 is 2.68 bits per heavy atom. The van der Waals surface area contributed by atoms with Crippen LogP contribution in [0.5, 0.6) is 0 Å². The van der Waals surface area contributed by atoms with Gasteiger partial charge in [0.05, 0.1) is 16.3 Å². The number of amides is 1. The summed E-state index contributed by atoms with van der Waals surface area (Å²) >= 11 is 6.28. The monoisotopic (exact) mass is 431 g/mol. The first-order valence-electron chi connectivity index (χ1n) is 8.51. The van der Waals surface area contributed by atoms with Crippen molar-refractivity contribution in [1.29, 1.82) is 0 Å². The summed E-state index contributed by atoms with van der Waals surface area (Å²) in [5.74, 6) is -4.27. The van der Waals surface area contributed by atoms with E-state index in [4.69, 9.17) is 11.6 Å². The largest absolute Gasteiger partial charge is 0.341 e. The van der Waals surface area contributed by atoms with Crippen LogP contribution in [0.1, 0.15) is 31.0 Å². The summed E-state index contributed by atoms with van der Waals surface area (Å²) < 4.78 is 50.8. The molecule has 0 bridgehead atoms. The molecule has 2 rings (SSSR count). The number of hydrogen-bond donors (Lipinski definition) is 1. The van der Waals surface area contributed by atoms with Crippen LogP contribution in [0.4, 0.5) is 14.5 Å². The molecule has 1 amide bonds. The van der Waals surface area contributed by atoms with Crippen LogP contribution in [0.3, 0.4) is 0 Å². The van der Waals surface area contributed by atoms with Crippen molar-refractivity contribution in [3.63, 3.8) is 0 Å². The summed E-state index contributed by atoms with van der Waals surface area (Å²) in [5.41, 5.74) is 0.964. The molecule has 1 aromatic carbocycles. The molecular weight excluding hydrogens is 412 g/mol. The van der Waals surface area contributed by atoms with Gasteiger partial charge in [0, 0.05) is 18.2 Å². The van der Waals surface area contributed by atoms with Crippen molar-refractivity contribution < 1.29 is 22.0 Å². The molecule has 0 saturated heterocycles. The first kappa shape index (κ1) is 22.0. The van der Waals surface area contributed by atoms with E-state index in [2.05, 4.69) is 10.4 Å². The van der Waals surface area contributed by atoms with Crippen molar-refractivity contribution in [1.82, 2.24) is 9.78 Å². The summed E-state index contributed by atoms with van der Waals surface area (Å²) in [5, 5.41) is 7.01. The van der Waals surface area contributed by atoms with Gasteiger partial charge in [-0.3, -0.25) is 9.48 Å². The number of carbonyl (C=O) groups is 1. The van der Waals surface area contributed by atoms with Gasteiger partial charge >= 0.3 is 5.76 Å². The second-order valence-corrected chi connectivity index (χ2v) is 8.24. The molecule has 0 unspecified atom stereocenters. The molecule has 0 fully saturated rings. The molecule has 152 valence electrons. The van der Waals surface area contributed by atoms with Crippen molar-refractivity contribution in [3.05, 3.63) is 46.8 Å². The van der Waals surface area contributed by atoms with Crippen molar-refractivity contribution in [2.45, 2.75) is 43.9 Å². The smallest absolute Gasteiger partial charge is 0.321 e. The SMILES string of the molecule is CCCCn1nc(C)c(/C=C/C(=O)Nc2ccccc2S(=O)(=O)C(F)F)c1Cl. The Balaban J connectivity index is 2.22. The van der Waals surface area contributed by atoms with Gasteiger partial charge in [-0.2, -0.15) is 13.9 Å². The quantitative estimate of drug-likeness (QED) is 0.632. The lowest BCUT2D eigenvalue weighted by Gasteiger charge is -2.09. The third-order valence-electron chi connectivity index (χ3n) is 3.92. The van der Waals surface area contributed by atoms with E-state index in [1.807, 2.05) is 6.92 Å². The Morgan fingerprint density at radius 1 is 1.36 bits per heavy atom. The molecule has 0 spiro atoms. The van der Waals surface area contributed by atoms with Crippen LogP contribution >= 0.6 is 11.6 Å². The number of para-hydroxylation sites is 1. The number of nitrogens with one attached hydrogen (secondary N) is 1. The Morgan fingerprint density at radius 2 is 2.04 bits per heavy atom.